The third-order valence-electron chi connectivity index (χ3n) is 11.9. The van der Waals surface area contributed by atoms with E-state index in [-0.39, 0.29) is 68.6 Å². The van der Waals surface area contributed by atoms with E-state index in [0.29, 0.717) is 12.2 Å². The summed E-state index contributed by atoms with van der Waals surface area (Å²) in [6.07, 6.45) is 8.61. The molecule has 0 aromatic carbocycles. The molecule has 6 heteroatoms. The van der Waals surface area contributed by atoms with Gasteiger partial charge >= 0.3 is 6.09 Å². The first-order valence-electron chi connectivity index (χ1n) is 13.9. The fourth-order valence-electron chi connectivity index (χ4n) is 10.0. The number of hydrogen-bond acceptors (Lipinski definition) is 5. The second-order valence-corrected chi connectivity index (χ2v) is 14.0. The number of allylic oxidation sites excluding steroid dienone is 2. The number of hydrogen-bond donors (Lipinski definition) is 1. The molecule has 5 rings (SSSR count). The van der Waals surface area contributed by atoms with Crippen LogP contribution >= 0.6 is 0 Å². The van der Waals surface area contributed by atoms with E-state index < -0.39 is 6.09 Å². The van der Waals surface area contributed by atoms with Gasteiger partial charge in [-0.2, -0.15) is 5.26 Å². The molecule has 0 aliphatic heterocycles. The van der Waals surface area contributed by atoms with Crippen LogP contribution in [-0.4, -0.2) is 30.3 Å². The minimum Gasteiger partial charge on any atom is -0.453 e. The summed E-state index contributed by atoms with van der Waals surface area (Å²) in [6, 6.07) is 2.17. The zero-order chi connectivity index (χ0) is 26.3. The third kappa shape index (κ3) is 3.44. The molecule has 0 aromatic heterocycles. The molecule has 196 valence electrons. The van der Waals surface area contributed by atoms with Crippen LogP contribution in [0, 0.1) is 63.1 Å². The van der Waals surface area contributed by atoms with Crippen molar-refractivity contribution in [2.45, 2.75) is 91.5 Å². The van der Waals surface area contributed by atoms with E-state index in [1.807, 2.05) is 13.0 Å². The molecule has 1 N–H and O–H groups in total. The molecule has 0 aromatic rings. The molecular formula is C30H42N2O4. The predicted octanol–water partition coefficient (Wildman–Crippen LogP) is 5.61. The molecule has 9 unspecified atom stereocenters. The Hall–Kier alpha value is -2.16. The Morgan fingerprint density at radius 2 is 1.75 bits per heavy atom. The zero-order valence-electron chi connectivity index (χ0n) is 22.8. The Morgan fingerprint density at radius 3 is 2.42 bits per heavy atom. The molecule has 0 spiro atoms. The minimum atomic E-state index is -0.395. The van der Waals surface area contributed by atoms with Crippen molar-refractivity contribution < 1.29 is 19.1 Å². The molecular weight excluding hydrogens is 452 g/mol. The molecule has 0 heterocycles. The SMILES string of the molecule is COC(=O)NC12CCC3C(C(=O)CC4C5(C)C=C(C#N)C(=O)C(C)C5CCC34C)C1CC(C)(C)CC2. The van der Waals surface area contributed by atoms with E-state index in [1.165, 1.54) is 7.11 Å². The smallest absolute Gasteiger partial charge is 0.407 e. The van der Waals surface area contributed by atoms with Crippen LogP contribution < -0.4 is 5.32 Å². The summed E-state index contributed by atoms with van der Waals surface area (Å²) in [5.41, 5.74) is -0.363. The van der Waals surface area contributed by atoms with Gasteiger partial charge in [0.15, 0.2) is 5.78 Å². The predicted molar refractivity (Wildman–Crippen MR) is 136 cm³/mol. The maximum atomic E-state index is 14.2. The van der Waals surface area contributed by atoms with E-state index in [1.54, 1.807) is 0 Å². The fraction of sp³-hybridized carbons (Fsp3) is 0.800. The summed E-state index contributed by atoms with van der Waals surface area (Å²) in [4.78, 5) is 39.5. The van der Waals surface area contributed by atoms with E-state index in [9.17, 15) is 19.6 Å². The van der Waals surface area contributed by atoms with Crippen LogP contribution in [0.4, 0.5) is 4.79 Å². The summed E-state index contributed by atoms with van der Waals surface area (Å²) >= 11 is 0. The van der Waals surface area contributed by atoms with E-state index in [2.05, 4.69) is 39.1 Å². The quantitative estimate of drug-likeness (QED) is 0.511. The molecule has 0 radical (unpaired) electrons. The highest BCUT2D eigenvalue weighted by Gasteiger charge is 2.67. The Labute approximate surface area is 215 Å². The number of nitrogens with one attached hydrogen (secondary N) is 1. The Balaban J connectivity index is 1.56. The molecule has 9 atom stereocenters. The molecule has 0 saturated heterocycles. The molecule has 4 fully saturated rings. The van der Waals surface area contributed by atoms with Crippen molar-refractivity contribution >= 4 is 17.7 Å². The van der Waals surface area contributed by atoms with Gasteiger partial charge in [0.2, 0.25) is 0 Å². The third-order valence-corrected chi connectivity index (χ3v) is 11.9. The number of ether oxygens (including phenoxy) is 1. The average Bonchev–Trinajstić information content (AvgIpc) is 2.82. The Bertz CT molecular complexity index is 1070. The van der Waals surface area contributed by atoms with Crippen molar-refractivity contribution in [3.63, 3.8) is 0 Å². The van der Waals surface area contributed by atoms with E-state index in [4.69, 9.17) is 4.74 Å². The van der Waals surface area contributed by atoms with Crippen molar-refractivity contribution in [2.24, 2.45) is 51.8 Å². The molecule has 5 aliphatic carbocycles. The number of alkyl carbamates (subject to hydrolysis) is 1. The molecule has 36 heavy (non-hydrogen) atoms. The summed E-state index contributed by atoms with van der Waals surface area (Å²) in [6.45, 7) is 11.2. The standard InChI is InChI=1S/C30H42N2O4/c1-17-19-7-9-28(4)20-8-10-30(32-26(35)36-6)12-11-27(2,3)15-21(30)24(20)22(33)13-23(28)29(19,5)14-18(16-31)25(17)34/h14,17,19-21,23-24H,7-13,15H2,1-6H3,(H,32,35). The average molecular weight is 495 g/mol. The number of rotatable bonds is 1. The van der Waals surface area contributed by atoms with Crippen LogP contribution in [0.25, 0.3) is 0 Å². The zero-order valence-corrected chi connectivity index (χ0v) is 22.8. The van der Waals surface area contributed by atoms with Crippen LogP contribution in [0.3, 0.4) is 0 Å². The monoisotopic (exact) mass is 494 g/mol. The van der Waals surface area contributed by atoms with Crippen molar-refractivity contribution in [2.75, 3.05) is 7.11 Å². The maximum absolute atomic E-state index is 14.2. The number of Topliss-reactive ketones (excluding diaryl/α,β-unsaturated/α-hetero) is 2. The molecule has 0 bridgehead atoms. The highest BCUT2D eigenvalue weighted by Crippen LogP contribution is 2.69. The first-order valence-corrected chi connectivity index (χ1v) is 13.9. The lowest BCUT2D eigenvalue weighted by Crippen LogP contribution is -2.68. The van der Waals surface area contributed by atoms with Gasteiger partial charge in [0.1, 0.15) is 11.9 Å². The Kier molecular flexibility index (Phi) is 5.78. The van der Waals surface area contributed by atoms with Gasteiger partial charge in [0.25, 0.3) is 0 Å². The lowest BCUT2D eigenvalue weighted by Gasteiger charge is -2.67. The topological polar surface area (TPSA) is 96.3 Å². The number of ketones is 2. The van der Waals surface area contributed by atoms with E-state index in [0.717, 1.165) is 44.9 Å². The van der Waals surface area contributed by atoms with Gasteiger partial charge < -0.3 is 10.1 Å². The number of methoxy groups -OCH3 is 1. The largest absolute Gasteiger partial charge is 0.453 e. The van der Waals surface area contributed by atoms with Crippen molar-refractivity contribution in [1.29, 1.82) is 5.26 Å². The van der Waals surface area contributed by atoms with Gasteiger partial charge in [0, 0.05) is 23.8 Å². The number of carbonyl (C=O) groups is 3. The Morgan fingerprint density at radius 1 is 1.06 bits per heavy atom. The van der Waals surface area contributed by atoms with Crippen LogP contribution in [0.2, 0.25) is 0 Å². The summed E-state index contributed by atoms with van der Waals surface area (Å²) in [5.74, 6) is 0.666. The molecule has 5 aliphatic rings. The number of fused-ring (bicyclic) bond motifs is 7. The highest BCUT2D eigenvalue weighted by molar-refractivity contribution is 6.01. The molecule has 6 nitrogen and oxygen atoms in total. The number of nitrogens with zero attached hydrogens (tertiary/aromatic N) is 1. The van der Waals surface area contributed by atoms with Crippen LogP contribution in [0.15, 0.2) is 11.6 Å². The van der Waals surface area contributed by atoms with Crippen LogP contribution in [-0.2, 0) is 14.3 Å². The molecule has 4 saturated carbocycles. The van der Waals surface area contributed by atoms with Gasteiger partial charge in [-0.3, -0.25) is 9.59 Å². The minimum absolute atomic E-state index is 0.0376. The summed E-state index contributed by atoms with van der Waals surface area (Å²) < 4.78 is 5.03. The number of nitriles is 1. The van der Waals surface area contributed by atoms with Gasteiger partial charge in [-0.25, -0.2) is 4.79 Å². The fourth-order valence-corrected chi connectivity index (χ4v) is 10.0. The van der Waals surface area contributed by atoms with Crippen LogP contribution in [0.1, 0.15) is 86.0 Å². The van der Waals surface area contributed by atoms with Gasteiger partial charge in [0.05, 0.1) is 12.7 Å². The van der Waals surface area contributed by atoms with Crippen molar-refractivity contribution in [1.82, 2.24) is 5.32 Å². The van der Waals surface area contributed by atoms with Gasteiger partial charge in [-0.1, -0.05) is 40.7 Å². The van der Waals surface area contributed by atoms with E-state index >= 15 is 0 Å². The number of amides is 1. The highest BCUT2D eigenvalue weighted by atomic mass is 16.5. The molecule has 1 amide bonds. The van der Waals surface area contributed by atoms with Gasteiger partial charge in [-0.05, 0) is 84.9 Å². The lowest BCUT2D eigenvalue weighted by molar-refractivity contribution is -0.179. The lowest BCUT2D eigenvalue weighted by atomic mass is 9.37. The van der Waals surface area contributed by atoms with Gasteiger partial charge in [-0.15, -0.1) is 0 Å². The maximum Gasteiger partial charge on any atom is 0.407 e. The van der Waals surface area contributed by atoms with Crippen molar-refractivity contribution in [3.8, 4) is 6.07 Å². The number of carbonyl (C=O) groups excluding carboxylic acids is 3. The van der Waals surface area contributed by atoms with Crippen LogP contribution in [0.5, 0.6) is 0 Å². The second kappa shape index (κ2) is 8.17. The second-order valence-electron chi connectivity index (χ2n) is 14.0. The normalized spacial score (nSPS) is 47.2. The first-order chi connectivity index (χ1) is 16.8. The summed E-state index contributed by atoms with van der Waals surface area (Å²) in [5, 5.41) is 13.0. The van der Waals surface area contributed by atoms with Crippen molar-refractivity contribution in [3.05, 3.63) is 11.6 Å². The summed E-state index contributed by atoms with van der Waals surface area (Å²) in [7, 11) is 1.41. The first kappa shape index (κ1) is 25.5.